The highest BCUT2D eigenvalue weighted by Crippen LogP contribution is 2.48. The Labute approximate surface area is 183 Å². The first-order valence-electron chi connectivity index (χ1n) is 10.9. The molecule has 2 amide bonds. The average Bonchev–Trinajstić information content (AvgIpc) is 2.77. The highest BCUT2D eigenvalue weighted by Gasteiger charge is 2.46. The van der Waals surface area contributed by atoms with Gasteiger partial charge in [0.05, 0.1) is 26.2 Å². The van der Waals surface area contributed by atoms with E-state index in [0.29, 0.717) is 42.5 Å². The molecule has 0 unspecified atom stereocenters. The summed E-state index contributed by atoms with van der Waals surface area (Å²) in [5, 5.41) is 3.12. The van der Waals surface area contributed by atoms with Crippen LogP contribution in [0.3, 0.4) is 0 Å². The van der Waals surface area contributed by atoms with Gasteiger partial charge in [-0.1, -0.05) is 32.0 Å². The van der Waals surface area contributed by atoms with Gasteiger partial charge in [-0.25, -0.2) is 0 Å². The maximum atomic E-state index is 13.5. The van der Waals surface area contributed by atoms with Gasteiger partial charge in [-0.3, -0.25) is 9.59 Å². The van der Waals surface area contributed by atoms with Gasteiger partial charge in [0, 0.05) is 18.7 Å². The molecular weight excluding hydrogens is 392 g/mol. The lowest BCUT2D eigenvalue weighted by Crippen LogP contribution is -2.50. The molecule has 0 bridgehead atoms. The molecule has 2 aromatic carbocycles. The Morgan fingerprint density at radius 1 is 1.13 bits per heavy atom. The molecule has 6 heteroatoms. The smallest absolute Gasteiger partial charge is 0.254 e. The lowest BCUT2D eigenvalue weighted by Gasteiger charge is -2.45. The Kier molecular flexibility index (Phi) is 5.90. The molecule has 0 radical (unpaired) electrons. The van der Waals surface area contributed by atoms with E-state index < -0.39 is 5.92 Å². The van der Waals surface area contributed by atoms with Crippen LogP contribution < -0.4 is 14.8 Å². The van der Waals surface area contributed by atoms with Gasteiger partial charge in [0.25, 0.3) is 5.91 Å². The second-order valence-corrected chi connectivity index (χ2v) is 8.64. The van der Waals surface area contributed by atoms with Crippen molar-refractivity contribution in [1.82, 2.24) is 10.2 Å². The van der Waals surface area contributed by atoms with Crippen LogP contribution in [-0.2, 0) is 11.2 Å². The monoisotopic (exact) mass is 422 g/mol. The summed E-state index contributed by atoms with van der Waals surface area (Å²) >= 11 is 0. The maximum absolute atomic E-state index is 13.5. The first-order valence-corrected chi connectivity index (χ1v) is 10.9. The average molecular weight is 423 g/mol. The molecule has 31 heavy (non-hydrogen) atoms. The summed E-state index contributed by atoms with van der Waals surface area (Å²) in [6, 6.07) is 11.0. The van der Waals surface area contributed by atoms with E-state index in [9.17, 15) is 9.59 Å². The van der Waals surface area contributed by atoms with Crippen LogP contribution in [0.15, 0.2) is 36.4 Å². The van der Waals surface area contributed by atoms with E-state index in [0.717, 1.165) is 23.1 Å². The molecule has 0 aromatic heterocycles. The molecule has 0 fully saturated rings. The number of hydrogen-bond acceptors (Lipinski definition) is 4. The highest BCUT2D eigenvalue weighted by atomic mass is 16.5. The van der Waals surface area contributed by atoms with Crippen molar-refractivity contribution in [2.75, 3.05) is 27.3 Å². The molecule has 0 saturated carbocycles. The second-order valence-electron chi connectivity index (χ2n) is 8.64. The van der Waals surface area contributed by atoms with Gasteiger partial charge >= 0.3 is 0 Å². The molecule has 164 valence electrons. The number of carbonyl (C=O) groups is 2. The standard InChI is InChI=1S/C25H30N2O4/c1-15(2)9-11-26-24(28)22-17-7-5-6-8-18(17)25(29)27-12-10-16-13-20(30-3)21(31-4)14-19(16)23(22)27/h5-8,13-15,22-23H,9-12H2,1-4H3,(H,26,28)/t22-,23+/m1/s1. The number of nitrogens with zero attached hydrogens (tertiary/aromatic N) is 1. The van der Waals surface area contributed by atoms with Crippen LogP contribution in [0.4, 0.5) is 0 Å². The number of benzene rings is 2. The second kappa shape index (κ2) is 8.61. The number of hydrogen-bond donors (Lipinski definition) is 1. The third-order valence-corrected chi connectivity index (χ3v) is 6.33. The minimum atomic E-state index is -0.474. The van der Waals surface area contributed by atoms with E-state index in [1.807, 2.05) is 41.3 Å². The van der Waals surface area contributed by atoms with Crippen molar-refractivity contribution >= 4 is 11.8 Å². The molecule has 0 spiro atoms. The molecule has 4 rings (SSSR count). The van der Waals surface area contributed by atoms with Crippen molar-refractivity contribution in [3.63, 3.8) is 0 Å². The van der Waals surface area contributed by atoms with Crippen LogP contribution in [0.25, 0.3) is 0 Å². The predicted molar refractivity (Wildman–Crippen MR) is 119 cm³/mol. The van der Waals surface area contributed by atoms with E-state index in [2.05, 4.69) is 19.2 Å². The number of methoxy groups -OCH3 is 2. The van der Waals surface area contributed by atoms with Crippen molar-refractivity contribution in [2.24, 2.45) is 5.92 Å². The van der Waals surface area contributed by atoms with E-state index in [1.165, 1.54) is 0 Å². The summed E-state index contributed by atoms with van der Waals surface area (Å²) in [6.45, 7) is 5.46. The van der Waals surface area contributed by atoms with Crippen LogP contribution in [0.1, 0.15) is 59.3 Å². The van der Waals surface area contributed by atoms with Crippen LogP contribution in [0.5, 0.6) is 11.5 Å². The fraction of sp³-hybridized carbons (Fsp3) is 0.440. The normalized spacial score (nSPS) is 19.4. The van der Waals surface area contributed by atoms with Crippen molar-refractivity contribution in [3.8, 4) is 11.5 Å². The van der Waals surface area contributed by atoms with Crippen molar-refractivity contribution in [1.29, 1.82) is 0 Å². The summed E-state index contributed by atoms with van der Waals surface area (Å²) < 4.78 is 11.0. The minimum Gasteiger partial charge on any atom is -0.493 e. The molecule has 2 aliphatic rings. The summed E-state index contributed by atoms with van der Waals surface area (Å²) in [6.07, 6.45) is 1.62. The Morgan fingerprint density at radius 2 is 1.84 bits per heavy atom. The maximum Gasteiger partial charge on any atom is 0.254 e. The van der Waals surface area contributed by atoms with Crippen LogP contribution in [0.2, 0.25) is 0 Å². The number of ether oxygens (including phenoxy) is 2. The molecule has 2 atom stereocenters. The molecule has 2 aliphatic heterocycles. The summed E-state index contributed by atoms with van der Waals surface area (Å²) in [5.74, 6) is 1.23. The Balaban J connectivity index is 1.81. The first-order chi connectivity index (χ1) is 15.0. The molecule has 2 heterocycles. The van der Waals surface area contributed by atoms with Gasteiger partial charge in [0.15, 0.2) is 11.5 Å². The molecular formula is C25H30N2O4. The zero-order chi connectivity index (χ0) is 22.1. The van der Waals surface area contributed by atoms with Crippen molar-refractivity contribution in [3.05, 3.63) is 58.7 Å². The third-order valence-electron chi connectivity index (χ3n) is 6.33. The summed E-state index contributed by atoms with van der Waals surface area (Å²) in [5.41, 5.74) is 3.45. The Bertz CT molecular complexity index is 1000. The minimum absolute atomic E-state index is 0.0211. The fourth-order valence-corrected chi connectivity index (χ4v) is 4.73. The molecule has 0 aliphatic carbocycles. The van der Waals surface area contributed by atoms with Crippen molar-refractivity contribution in [2.45, 2.75) is 38.6 Å². The topological polar surface area (TPSA) is 67.9 Å². The number of nitrogens with one attached hydrogen (secondary N) is 1. The number of rotatable bonds is 6. The fourth-order valence-electron chi connectivity index (χ4n) is 4.73. The van der Waals surface area contributed by atoms with Crippen LogP contribution >= 0.6 is 0 Å². The first kappa shape index (κ1) is 21.2. The quantitative estimate of drug-likeness (QED) is 0.771. The van der Waals surface area contributed by atoms with Gasteiger partial charge < -0.3 is 19.7 Å². The highest BCUT2D eigenvalue weighted by molar-refractivity contribution is 6.01. The molecule has 1 N–H and O–H groups in total. The van der Waals surface area contributed by atoms with E-state index in [4.69, 9.17) is 9.47 Å². The molecule has 0 saturated heterocycles. The summed E-state index contributed by atoms with van der Waals surface area (Å²) in [4.78, 5) is 28.7. The Morgan fingerprint density at radius 3 is 2.55 bits per heavy atom. The van der Waals surface area contributed by atoms with Gasteiger partial charge in [0.1, 0.15) is 0 Å². The van der Waals surface area contributed by atoms with E-state index in [1.54, 1.807) is 14.2 Å². The van der Waals surface area contributed by atoms with Crippen molar-refractivity contribution < 1.29 is 19.1 Å². The van der Waals surface area contributed by atoms with Gasteiger partial charge in [-0.05, 0) is 53.6 Å². The van der Waals surface area contributed by atoms with E-state index >= 15 is 0 Å². The lowest BCUT2D eigenvalue weighted by molar-refractivity contribution is -0.124. The predicted octanol–water partition coefficient (Wildman–Crippen LogP) is 3.70. The van der Waals surface area contributed by atoms with Crippen LogP contribution in [-0.4, -0.2) is 44.0 Å². The van der Waals surface area contributed by atoms with Gasteiger partial charge in [0.2, 0.25) is 5.91 Å². The Hall–Kier alpha value is -3.02. The lowest BCUT2D eigenvalue weighted by atomic mass is 9.75. The molecule has 2 aromatic rings. The summed E-state index contributed by atoms with van der Waals surface area (Å²) in [7, 11) is 3.22. The number of fused-ring (bicyclic) bond motifs is 4. The van der Waals surface area contributed by atoms with Gasteiger partial charge in [-0.2, -0.15) is 0 Å². The zero-order valence-electron chi connectivity index (χ0n) is 18.6. The third kappa shape index (κ3) is 3.75. The van der Waals surface area contributed by atoms with Gasteiger partial charge in [-0.15, -0.1) is 0 Å². The number of carbonyl (C=O) groups excluding carboxylic acids is 2. The zero-order valence-corrected chi connectivity index (χ0v) is 18.6. The molecule has 6 nitrogen and oxygen atoms in total. The number of amides is 2. The largest absolute Gasteiger partial charge is 0.493 e. The van der Waals surface area contributed by atoms with E-state index in [-0.39, 0.29) is 17.9 Å². The van der Waals surface area contributed by atoms with Crippen LogP contribution in [0, 0.1) is 5.92 Å². The SMILES string of the molecule is COc1cc2c(cc1OC)[C@H]1[C@H](C(=O)NCCC(C)C)c3ccccc3C(=O)N1CC2.